The lowest BCUT2D eigenvalue weighted by atomic mass is 10.3. The molecule has 56 valence electrons. The van der Waals surface area contributed by atoms with Crippen molar-refractivity contribution in [1.82, 2.24) is 0 Å². The molecule has 0 aromatic carbocycles. The Morgan fingerprint density at radius 3 is 2.70 bits per heavy atom. The molecule has 1 heterocycles. The van der Waals surface area contributed by atoms with Crippen LogP contribution in [0.3, 0.4) is 0 Å². The maximum absolute atomic E-state index is 5.35. The van der Waals surface area contributed by atoms with E-state index in [1.165, 1.54) is 5.57 Å². The zero-order valence-electron chi connectivity index (χ0n) is 6.39. The van der Waals surface area contributed by atoms with Gasteiger partial charge in [0.05, 0.1) is 6.61 Å². The highest BCUT2D eigenvalue weighted by atomic mass is 32.2. The van der Waals surface area contributed by atoms with Crippen molar-refractivity contribution in [3.63, 3.8) is 0 Å². The maximum atomic E-state index is 5.35. The monoisotopic (exact) mass is 156 g/mol. The lowest BCUT2D eigenvalue weighted by molar-refractivity contribution is 0.239. The minimum atomic E-state index is 0.0664. The summed E-state index contributed by atoms with van der Waals surface area (Å²) in [5.41, 5.74) is 1.22. The van der Waals surface area contributed by atoms with E-state index in [9.17, 15) is 0 Å². The van der Waals surface area contributed by atoms with Crippen LogP contribution in [0.15, 0.2) is 22.1 Å². The zero-order chi connectivity index (χ0) is 7.56. The van der Waals surface area contributed by atoms with Crippen molar-refractivity contribution in [3.05, 3.63) is 22.1 Å². The molecular weight excluding hydrogens is 144 g/mol. The van der Waals surface area contributed by atoms with Crippen LogP contribution in [-0.4, -0.2) is 12.5 Å². The number of rotatable bonds is 2. The van der Waals surface area contributed by atoms with Crippen LogP contribution < -0.4 is 0 Å². The van der Waals surface area contributed by atoms with Crippen LogP contribution in [0.4, 0.5) is 0 Å². The van der Waals surface area contributed by atoms with Gasteiger partial charge in [0, 0.05) is 5.41 Å². The van der Waals surface area contributed by atoms with Crippen LogP contribution in [-0.2, 0) is 4.74 Å². The zero-order valence-corrected chi connectivity index (χ0v) is 7.20. The molecule has 1 unspecified atom stereocenters. The summed E-state index contributed by atoms with van der Waals surface area (Å²) in [5, 5.41) is 4.20. The van der Waals surface area contributed by atoms with Gasteiger partial charge in [-0.1, -0.05) is 5.87 Å². The third kappa shape index (κ3) is 1.51. The molecule has 0 fully saturated rings. The molecule has 1 aliphatic rings. The van der Waals surface area contributed by atoms with Gasteiger partial charge in [-0.25, -0.2) is 0 Å². The van der Waals surface area contributed by atoms with E-state index in [4.69, 9.17) is 4.74 Å². The van der Waals surface area contributed by atoms with E-state index in [0.29, 0.717) is 0 Å². The molecule has 0 radical (unpaired) electrons. The summed E-state index contributed by atoms with van der Waals surface area (Å²) in [6, 6.07) is 0. The van der Waals surface area contributed by atoms with Gasteiger partial charge in [0.15, 0.2) is 0 Å². The van der Waals surface area contributed by atoms with E-state index in [-0.39, 0.29) is 10.5 Å². The quantitative estimate of drug-likeness (QED) is 0.558. The topological polar surface area (TPSA) is 9.23 Å². The molecule has 10 heavy (non-hydrogen) atoms. The normalized spacial score (nSPS) is 24.0. The fourth-order valence-corrected chi connectivity index (χ4v) is 2.02. The Morgan fingerprint density at radius 2 is 2.30 bits per heavy atom. The van der Waals surface area contributed by atoms with E-state index in [0.717, 1.165) is 12.4 Å². The predicted molar refractivity (Wildman–Crippen MR) is 48.2 cm³/mol. The summed E-state index contributed by atoms with van der Waals surface area (Å²) in [7, 11) is 0.0664. The van der Waals surface area contributed by atoms with Crippen LogP contribution in [0.25, 0.3) is 0 Å². The van der Waals surface area contributed by atoms with Gasteiger partial charge in [-0.05, 0) is 24.8 Å². The molecular formula is C8H12OS. The Bertz CT molecular complexity index is 213. The van der Waals surface area contributed by atoms with Gasteiger partial charge >= 0.3 is 0 Å². The molecule has 1 atom stereocenters. The second kappa shape index (κ2) is 3.06. The highest BCUT2D eigenvalue weighted by molar-refractivity contribution is 8.19. The predicted octanol–water partition coefficient (Wildman–Crippen LogP) is 2.48. The van der Waals surface area contributed by atoms with Crippen molar-refractivity contribution in [2.24, 2.45) is 0 Å². The van der Waals surface area contributed by atoms with Crippen molar-refractivity contribution in [3.8, 4) is 0 Å². The van der Waals surface area contributed by atoms with Gasteiger partial charge in [0.1, 0.15) is 5.76 Å². The van der Waals surface area contributed by atoms with Gasteiger partial charge in [-0.15, -0.1) is 10.5 Å². The molecule has 1 rings (SSSR count). The molecule has 1 aliphatic heterocycles. The molecule has 0 N–H and O–H groups in total. The third-order valence-corrected chi connectivity index (χ3v) is 2.45. The van der Waals surface area contributed by atoms with E-state index < -0.39 is 0 Å². The highest BCUT2D eigenvalue weighted by Gasteiger charge is 2.06. The molecule has 0 saturated heterocycles. The standard InChI is InChI=1S/C8H12OS/c1-4-9-8-6-10(3)5-7(8)2/h5-6H,3-4H2,1-2H3. The smallest absolute Gasteiger partial charge is 0.128 e. The van der Waals surface area contributed by atoms with E-state index in [2.05, 4.69) is 23.6 Å². The minimum absolute atomic E-state index is 0.0664. The fourth-order valence-electron chi connectivity index (χ4n) is 0.853. The average molecular weight is 156 g/mol. The molecule has 2 heteroatoms. The van der Waals surface area contributed by atoms with E-state index in [1.807, 2.05) is 6.92 Å². The average Bonchev–Trinajstić information content (AvgIpc) is 2.13. The lowest BCUT2D eigenvalue weighted by Crippen LogP contribution is -1.88. The van der Waals surface area contributed by atoms with Crippen LogP contribution in [0.1, 0.15) is 13.8 Å². The molecule has 1 nitrogen and oxygen atoms in total. The Balaban J connectivity index is 2.70. The van der Waals surface area contributed by atoms with Crippen molar-refractivity contribution in [1.29, 1.82) is 0 Å². The first-order valence-electron chi connectivity index (χ1n) is 3.29. The second-order valence-electron chi connectivity index (χ2n) is 2.19. The van der Waals surface area contributed by atoms with Gasteiger partial charge < -0.3 is 4.74 Å². The number of hydrogen-bond acceptors (Lipinski definition) is 1. The summed E-state index contributed by atoms with van der Waals surface area (Å²) < 4.78 is 5.35. The van der Waals surface area contributed by atoms with Crippen LogP contribution in [0, 0.1) is 0 Å². The summed E-state index contributed by atoms with van der Waals surface area (Å²) >= 11 is 0. The highest BCUT2D eigenvalue weighted by Crippen LogP contribution is 2.30. The van der Waals surface area contributed by atoms with E-state index in [1.54, 1.807) is 0 Å². The summed E-state index contributed by atoms with van der Waals surface area (Å²) in [6.45, 7) is 4.79. The first kappa shape index (κ1) is 7.61. The maximum Gasteiger partial charge on any atom is 0.128 e. The summed E-state index contributed by atoms with van der Waals surface area (Å²) in [6.07, 6.45) is 0. The SMILES string of the molecule is C=S1C=C(C)C(OCC)=C1. The van der Waals surface area contributed by atoms with Crippen molar-refractivity contribution >= 4 is 16.4 Å². The third-order valence-electron chi connectivity index (χ3n) is 1.28. The number of ether oxygens (including phenoxy) is 1. The van der Waals surface area contributed by atoms with E-state index >= 15 is 0 Å². The fraction of sp³-hybridized carbons (Fsp3) is 0.375. The van der Waals surface area contributed by atoms with Crippen molar-refractivity contribution in [2.45, 2.75) is 13.8 Å². The molecule has 0 saturated carbocycles. The molecule has 0 bridgehead atoms. The molecule has 0 aliphatic carbocycles. The Kier molecular flexibility index (Phi) is 2.33. The van der Waals surface area contributed by atoms with Gasteiger partial charge in [-0.3, -0.25) is 0 Å². The van der Waals surface area contributed by atoms with Gasteiger partial charge in [0.2, 0.25) is 0 Å². The van der Waals surface area contributed by atoms with Gasteiger partial charge in [0.25, 0.3) is 0 Å². The van der Waals surface area contributed by atoms with Gasteiger partial charge in [-0.2, -0.15) is 0 Å². The summed E-state index contributed by atoms with van der Waals surface area (Å²) in [4.78, 5) is 0. The largest absolute Gasteiger partial charge is 0.493 e. The number of hydrogen-bond donors (Lipinski definition) is 0. The van der Waals surface area contributed by atoms with Crippen LogP contribution in [0.5, 0.6) is 0 Å². The summed E-state index contributed by atoms with van der Waals surface area (Å²) in [5.74, 6) is 4.93. The molecule has 0 spiro atoms. The Hall–Kier alpha value is -0.500. The second-order valence-corrected chi connectivity index (χ2v) is 3.60. The lowest BCUT2D eigenvalue weighted by Gasteiger charge is -2.02. The molecule has 0 aromatic heterocycles. The number of allylic oxidation sites excluding steroid dienone is 1. The Labute approximate surface area is 64.3 Å². The first-order valence-corrected chi connectivity index (χ1v) is 4.81. The Morgan fingerprint density at radius 1 is 1.60 bits per heavy atom. The minimum Gasteiger partial charge on any atom is -0.493 e. The van der Waals surface area contributed by atoms with Crippen molar-refractivity contribution < 1.29 is 4.74 Å². The molecule has 0 amide bonds. The molecule has 0 aromatic rings. The first-order chi connectivity index (χ1) is 4.74. The van der Waals surface area contributed by atoms with Crippen LogP contribution >= 0.6 is 10.5 Å². The van der Waals surface area contributed by atoms with Crippen LogP contribution in [0.2, 0.25) is 0 Å². The van der Waals surface area contributed by atoms with Crippen molar-refractivity contribution in [2.75, 3.05) is 6.61 Å².